The molecule has 16 heavy (non-hydrogen) atoms. The lowest BCUT2D eigenvalue weighted by Crippen LogP contribution is -2.29. The number of ether oxygens (including phenoxy) is 1. The average Bonchev–Trinajstić information content (AvgIpc) is 2.25. The standard InChI is InChI=1S/C12H21NO3/c1-12(2,3)10-6-4-9(5-7-10)11(14)16-8-13-15/h9-10H,4-8H2,1-3H3/t9-,10-. The highest BCUT2D eigenvalue weighted by Gasteiger charge is 2.32. The molecule has 0 aromatic rings. The van der Waals surface area contributed by atoms with E-state index in [1.54, 1.807) is 0 Å². The second-order valence-electron chi connectivity index (χ2n) is 5.64. The third-order valence-corrected chi connectivity index (χ3v) is 3.54. The average molecular weight is 227 g/mol. The molecule has 92 valence electrons. The maximum absolute atomic E-state index is 11.5. The molecule has 4 nitrogen and oxygen atoms in total. The van der Waals surface area contributed by atoms with E-state index in [0.717, 1.165) is 25.7 Å². The van der Waals surface area contributed by atoms with Gasteiger partial charge < -0.3 is 4.74 Å². The monoisotopic (exact) mass is 227 g/mol. The lowest BCUT2D eigenvalue weighted by Gasteiger charge is -2.36. The van der Waals surface area contributed by atoms with Crippen molar-refractivity contribution in [3.05, 3.63) is 4.91 Å². The van der Waals surface area contributed by atoms with Gasteiger partial charge in [0.2, 0.25) is 6.73 Å². The molecule has 0 aromatic carbocycles. The van der Waals surface area contributed by atoms with E-state index >= 15 is 0 Å². The minimum atomic E-state index is -0.349. The van der Waals surface area contributed by atoms with Gasteiger partial charge in [0.15, 0.2) is 0 Å². The first-order valence-corrected chi connectivity index (χ1v) is 5.91. The molecule has 0 unspecified atom stereocenters. The molecule has 1 fully saturated rings. The minimum Gasteiger partial charge on any atom is -0.439 e. The Morgan fingerprint density at radius 3 is 2.25 bits per heavy atom. The number of nitroso groups, excluding NO2 is 1. The van der Waals surface area contributed by atoms with Gasteiger partial charge >= 0.3 is 5.97 Å². The molecule has 1 rings (SSSR count). The zero-order chi connectivity index (χ0) is 12.2. The summed E-state index contributed by atoms with van der Waals surface area (Å²) < 4.78 is 4.73. The summed E-state index contributed by atoms with van der Waals surface area (Å²) in [6.07, 6.45) is 3.88. The second-order valence-corrected chi connectivity index (χ2v) is 5.64. The smallest absolute Gasteiger partial charge is 0.310 e. The highest BCUT2D eigenvalue weighted by Crippen LogP contribution is 2.39. The molecule has 4 heteroatoms. The van der Waals surface area contributed by atoms with E-state index in [1.807, 2.05) is 0 Å². The first kappa shape index (κ1) is 13.1. The lowest BCUT2D eigenvalue weighted by atomic mass is 9.70. The molecule has 1 saturated carbocycles. The minimum absolute atomic E-state index is 0.0275. The van der Waals surface area contributed by atoms with Crippen LogP contribution in [-0.4, -0.2) is 12.7 Å². The number of esters is 1. The molecule has 1 aliphatic carbocycles. The van der Waals surface area contributed by atoms with Crippen molar-refractivity contribution in [1.29, 1.82) is 0 Å². The summed E-state index contributed by atoms with van der Waals surface area (Å²) in [5, 5.41) is 2.53. The van der Waals surface area contributed by atoms with Gasteiger partial charge in [0.05, 0.1) is 5.92 Å². The number of hydrogen-bond acceptors (Lipinski definition) is 4. The van der Waals surface area contributed by atoms with Gasteiger partial charge in [0, 0.05) is 0 Å². The van der Waals surface area contributed by atoms with Gasteiger partial charge in [-0.2, -0.15) is 0 Å². The third-order valence-electron chi connectivity index (χ3n) is 3.54. The molecule has 0 amide bonds. The Morgan fingerprint density at radius 2 is 1.81 bits per heavy atom. The Kier molecular flexibility index (Phi) is 4.44. The van der Waals surface area contributed by atoms with Crippen molar-refractivity contribution < 1.29 is 9.53 Å². The number of nitrogens with zero attached hydrogens (tertiary/aromatic N) is 1. The molecule has 0 saturated heterocycles. The van der Waals surface area contributed by atoms with Gasteiger partial charge in [-0.1, -0.05) is 20.8 Å². The van der Waals surface area contributed by atoms with E-state index in [9.17, 15) is 9.70 Å². The van der Waals surface area contributed by atoms with Crippen LogP contribution in [0.2, 0.25) is 0 Å². The van der Waals surface area contributed by atoms with E-state index in [0.29, 0.717) is 11.3 Å². The summed E-state index contributed by atoms with van der Waals surface area (Å²) in [7, 11) is 0. The molecule has 0 aliphatic heterocycles. The lowest BCUT2D eigenvalue weighted by molar-refractivity contribution is -0.150. The van der Waals surface area contributed by atoms with Gasteiger partial charge in [-0.05, 0) is 42.2 Å². The highest BCUT2D eigenvalue weighted by molar-refractivity contribution is 5.72. The van der Waals surface area contributed by atoms with Crippen LogP contribution in [0.15, 0.2) is 5.18 Å². The van der Waals surface area contributed by atoms with E-state index in [4.69, 9.17) is 4.74 Å². The third kappa shape index (κ3) is 3.58. The molecule has 0 aromatic heterocycles. The normalized spacial score (nSPS) is 26.2. The summed E-state index contributed by atoms with van der Waals surface area (Å²) in [6.45, 7) is 6.38. The van der Waals surface area contributed by atoms with Crippen LogP contribution in [0.5, 0.6) is 0 Å². The highest BCUT2D eigenvalue weighted by atomic mass is 16.6. The Morgan fingerprint density at radius 1 is 1.25 bits per heavy atom. The Hall–Kier alpha value is -0.930. The topological polar surface area (TPSA) is 55.7 Å². The van der Waals surface area contributed by atoms with Crippen molar-refractivity contribution >= 4 is 5.97 Å². The van der Waals surface area contributed by atoms with Crippen molar-refractivity contribution in [1.82, 2.24) is 0 Å². The van der Waals surface area contributed by atoms with Crippen molar-refractivity contribution in [3.63, 3.8) is 0 Å². The summed E-state index contributed by atoms with van der Waals surface area (Å²) in [5.74, 6) is 0.396. The maximum atomic E-state index is 11.5. The van der Waals surface area contributed by atoms with Crippen LogP contribution in [-0.2, 0) is 9.53 Å². The van der Waals surface area contributed by atoms with Crippen LogP contribution in [0.25, 0.3) is 0 Å². The summed E-state index contributed by atoms with van der Waals surface area (Å²) in [5.41, 5.74) is 0.319. The van der Waals surface area contributed by atoms with Crippen molar-refractivity contribution in [2.75, 3.05) is 6.73 Å². The first-order valence-electron chi connectivity index (χ1n) is 5.91. The SMILES string of the molecule is CC(C)(C)[C@H]1CC[C@H](C(=O)OCN=O)CC1. The molecular formula is C12H21NO3. The zero-order valence-corrected chi connectivity index (χ0v) is 10.4. The van der Waals surface area contributed by atoms with Gasteiger partial charge in [-0.25, -0.2) is 0 Å². The summed E-state index contributed by atoms with van der Waals surface area (Å²) >= 11 is 0. The van der Waals surface area contributed by atoms with E-state index < -0.39 is 0 Å². The first-order chi connectivity index (χ1) is 7.45. The van der Waals surface area contributed by atoms with Gasteiger partial charge in [-0.3, -0.25) is 4.79 Å². The van der Waals surface area contributed by atoms with Crippen LogP contribution >= 0.6 is 0 Å². The molecule has 0 atom stereocenters. The van der Waals surface area contributed by atoms with Crippen LogP contribution in [0.4, 0.5) is 0 Å². The Bertz CT molecular complexity index is 249. The number of carbonyl (C=O) groups is 1. The van der Waals surface area contributed by atoms with Crippen LogP contribution in [0.1, 0.15) is 46.5 Å². The Balaban J connectivity index is 2.37. The van der Waals surface area contributed by atoms with Gasteiger partial charge in [0.1, 0.15) is 0 Å². The summed E-state index contributed by atoms with van der Waals surface area (Å²) in [4.78, 5) is 21.3. The molecule has 0 heterocycles. The van der Waals surface area contributed by atoms with Gasteiger partial charge in [0.25, 0.3) is 0 Å². The largest absolute Gasteiger partial charge is 0.439 e. The summed E-state index contributed by atoms with van der Waals surface area (Å²) in [6, 6.07) is 0. The molecule has 0 N–H and O–H groups in total. The number of carbonyl (C=O) groups excluding carboxylic acids is 1. The van der Waals surface area contributed by atoms with Crippen molar-refractivity contribution in [3.8, 4) is 0 Å². The van der Waals surface area contributed by atoms with Crippen molar-refractivity contribution in [2.45, 2.75) is 46.5 Å². The Labute approximate surface area is 96.7 Å². The number of hydrogen-bond donors (Lipinski definition) is 0. The number of rotatable bonds is 3. The van der Waals surface area contributed by atoms with Crippen LogP contribution < -0.4 is 0 Å². The fourth-order valence-corrected chi connectivity index (χ4v) is 2.40. The van der Waals surface area contributed by atoms with Crippen LogP contribution in [0.3, 0.4) is 0 Å². The maximum Gasteiger partial charge on any atom is 0.310 e. The molecule has 0 spiro atoms. The molecular weight excluding hydrogens is 206 g/mol. The van der Waals surface area contributed by atoms with E-state index in [1.165, 1.54) is 0 Å². The predicted octanol–water partition coefficient (Wildman–Crippen LogP) is 3.11. The second kappa shape index (κ2) is 5.41. The molecule has 1 aliphatic rings. The van der Waals surface area contributed by atoms with Crippen molar-refractivity contribution in [2.24, 2.45) is 22.4 Å². The van der Waals surface area contributed by atoms with E-state index in [-0.39, 0.29) is 18.6 Å². The quantitative estimate of drug-likeness (QED) is 0.550. The van der Waals surface area contributed by atoms with E-state index in [2.05, 4.69) is 25.9 Å². The zero-order valence-electron chi connectivity index (χ0n) is 10.4. The molecule has 0 radical (unpaired) electrons. The van der Waals surface area contributed by atoms with Gasteiger partial charge in [-0.15, -0.1) is 4.91 Å². The fourth-order valence-electron chi connectivity index (χ4n) is 2.40. The van der Waals surface area contributed by atoms with Crippen LogP contribution in [0, 0.1) is 22.2 Å². The predicted molar refractivity (Wildman–Crippen MR) is 61.7 cm³/mol. The fraction of sp³-hybridized carbons (Fsp3) is 0.917. The molecule has 0 bridgehead atoms.